The number of hydrogen-bond donors (Lipinski definition) is 0. The van der Waals surface area contributed by atoms with Crippen LogP contribution in [0.4, 0.5) is 0 Å². The Hall–Kier alpha value is -0.950. The van der Waals surface area contributed by atoms with Gasteiger partial charge in [-0.15, -0.1) is 34.5 Å². The fraction of sp³-hybridized carbons (Fsp3) is 0.250. The number of fused-ring (bicyclic) bond motifs is 2. The molecule has 3 aromatic rings. The van der Waals surface area contributed by atoms with E-state index in [-0.39, 0.29) is 77.8 Å². The van der Waals surface area contributed by atoms with Crippen LogP contribution in [0.2, 0.25) is 0 Å². The first-order valence-electron chi connectivity index (χ1n) is 8.11. The Balaban J connectivity index is -0.0000000916. The largest absolute Gasteiger partial charge is 0.358 e. The van der Waals surface area contributed by atoms with Gasteiger partial charge >= 0.3 is 0 Å². The molecule has 1 aliphatic carbocycles. The maximum absolute atomic E-state index is 2.45. The Kier molecular flexibility index (Phi) is 29.6. The summed E-state index contributed by atoms with van der Waals surface area (Å²) in [5.41, 5.74) is 4.73. The fourth-order valence-corrected chi connectivity index (χ4v) is 3.28. The molecule has 0 saturated carbocycles. The van der Waals surface area contributed by atoms with Gasteiger partial charge in [-0.05, 0) is 19.3 Å². The smallest absolute Gasteiger partial charge is 0 e. The summed E-state index contributed by atoms with van der Waals surface area (Å²) >= 11 is 0. The van der Waals surface area contributed by atoms with Crippen LogP contribution >= 0.6 is 0 Å². The summed E-state index contributed by atoms with van der Waals surface area (Å²) in [6, 6.07) is 19.5. The van der Waals surface area contributed by atoms with Crippen molar-refractivity contribution in [2.75, 3.05) is 0 Å². The van der Waals surface area contributed by atoms with Gasteiger partial charge in [0, 0.05) is 25.8 Å². The molecule has 0 amide bonds. The molecule has 0 aromatic heterocycles. The third-order valence-corrected chi connectivity index (χ3v) is 4.26. The van der Waals surface area contributed by atoms with Crippen LogP contribution < -0.4 is 0 Å². The van der Waals surface area contributed by atoms with Crippen LogP contribution in [0.25, 0.3) is 10.8 Å². The molecule has 0 bridgehead atoms. The van der Waals surface area contributed by atoms with Gasteiger partial charge in [0.25, 0.3) is 0 Å². The van der Waals surface area contributed by atoms with Gasteiger partial charge in [-0.1, -0.05) is 37.3 Å². The average molecular weight is 560 g/mol. The normalized spacial score (nSPS) is 9.62. The van der Waals surface area contributed by atoms with Crippen LogP contribution in [0.3, 0.4) is 0 Å². The summed E-state index contributed by atoms with van der Waals surface area (Å²) in [7, 11) is 0. The van der Waals surface area contributed by atoms with Crippen LogP contribution in [0, 0.1) is 57.9 Å². The SMILES string of the molecule is CC(C)C[c-]1ccc2cc3c(cc21)CCC3.[CH3-].[CH3-].[CH3-].[CH3-].[CH3-].[CH3-].[CH3-].[Hf].c1cc[cH-]c1. The average Bonchev–Trinajstić information content (AvgIpc) is 3.19. The zero-order valence-corrected chi connectivity index (χ0v) is 24.2. The molecule has 1 heteroatoms. The van der Waals surface area contributed by atoms with E-state index in [1.807, 2.05) is 30.3 Å². The van der Waals surface area contributed by atoms with Crippen molar-refractivity contribution in [3.8, 4) is 0 Å². The second-order valence-electron chi connectivity index (χ2n) is 6.48. The summed E-state index contributed by atoms with van der Waals surface area (Å²) in [5, 5.41) is 2.96. The van der Waals surface area contributed by atoms with Crippen molar-refractivity contribution in [3.63, 3.8) is 0 Å². The van der Waals surface area contributed by atoms with Crippen molar-refractivity contribution in [1.82, 2.24) is 0 Å². The monoisotopic (exact) mass is 561 g/mol. The van der Waals surface area contributed by atoms with Crippen molar-refractivity contribution in [2.45, 2.75) is 39.5 Å². The number of benzene rings is 1. The molecule has 0 unspecified atom stereocenters. The third kappa shape index (κ3) is 11.1. The fourth-order valence-electron chi connectivity index (χ4n) is 3.28. The molecular formula is C28H45Hf-9. The first kappa shape index (κ1) is 42.2. The molecule has 0 fully saturated rings. The summed E-state index contributed by atoms with van der Waals surface area (Å²) < 4.78 is 0. The van der Waals surface area contributed by atoms with Crippen molar-refractivity contribution in [1.29, 1.82) is 0 Å². The molecule has 1 aliphatic rings. The summed E-state index contributed by atoms with van der Waals surface area (Å²) in [6.45, 7) is 4.60. The molecule has 0 N–H and O–H groups in total. The van der Waals surface area contributed by atoms with Crippen LogP contribution in [0.1, 0.15) is 37.0 Å². The van der Waals surface area contributed by atoms with Crippen molar-refractivity contribution in [2.24, 2.45) is 5.92 Å². The quantitative estimate of drug-likeness (QED) is 0.217. The molecule has 29 heavy (non-hydrogen) atoms. The topological polar surface area (TPSA) is 0 Å². The molecule has 0 saturated heterocycles. The van der Waals surface area contributed by atoms with E-state index in [2.05, 4.69) is 38.1 Å². The predicted octanol–water partition coefficient (Wildman–Crippen LogP) is 8.80. The molecular weight excluding hydrogens is 515 g/mol. The minimum absolute atomic E-state index is 0. The Morgan fingerprint density at radius 1 is 0.862 bits per heavy atom. The number of hydrogen-bond acceptors (Lipinski definition) is 0. The van der Waals surface area contributed by atoms with Crippen LogP contribution in [0.15, 0.2) is 54.6 Å². The number of aryl methyl sites for hydroxylation is 2. The van der Waals surface area contributed by atoms with E-state index in [1.165, 1.54) is 36.5 Å². The summed E-state index contributed by atoms with van der Waals surface area (Å²) in [5.74, 6) is 0.749. The standard InChI is InChI=1S/C16H19.C5H5.7CH3.Hf/c1-11(2)8-14-6-7-15-9-12-4-3-5-13(12)10-16(14)15;1-2-4-5-3-1;;;;;;;;/h6-7,9-11H,3-5,8H2,1-2H3;1-5H;7*1H3;/q9*-1;. The van der Waals surface area contributed by atoms with Crippen molar-refractivity contribution < 1.29 is 25.8 Å². The maximum Gasteiger partial charge on any atom is 0 e. The molecule has 4 rings (SSSR count). The zero-order valence-electron chi connectivity index (χ0n) is 20.6. The molecule has 0 radical (unpaired) electrons. The molecule has 0 aliphatic heterocycles. The van der Waals surface area contributed by atoms with Gasteiger partial charge in [0.05, 0.1) is 0 Å². The van der Waals surface area contributed by atoms with E-state index in [1.54, 1.807) is 16.7 Å². The predicted molar refractivity (Wildman–Crippen MR) is 137 cm³/mol. The van der Waals surface area contributed by atoms with Crippen LogP contribution in [-0.2, 0) is 45.1 Å². The number of rotatable bonds is 2. The van der Waals surface area contributed by atoms with Gasteiger partial charge in [-0.2, -0.15) is 24.3 Å². The van der Waals surface area contributed by atoms with Crippen molar-refractivity contribution >= 4 is 10.8 Å². The van der Waals surface area contributed by atoms with Gasteiger partial charge in [-0.3, -0.25) is 0 Å². The minimum atomic E-state index is 0. The van der Waals surface area contributed by atoms with E-state index in [9.17, 15) is 0 Å². The van der Waals surface area contributed by atoms with Crippen LogP contribution in [0.5, 0.6) is 0 Å². The summed E-state index contributed by atoms with van der Waals surface area (Å²) in [6.07, 6.45) is 5.14. The van der Waals surface area contributed by atoms with Gasteiger partial charge in [0.1, 0.15) is 0 Å². The molecule has 0 spiro atoms. The van der Waals surface area contributed by atoms with E-state index >= 15 is 0 Å². The van der Waals surface area contributed by atoms with Gasteiger partial charge < -0.3 is 52.0 Å². The van der Waals surface area contributed by atoms with Gasteiger partial charge in [-0.25, -0.2) is 12.1 Å². The Morgan fingerprint density at radius 3 is 1.83 bits per heavy atom. The summed E-state index contributed by atoms with van der Waals surface area (Å²) in [4.78, 5) is 0. The molecule has 0 heterocycles. The van der Waals surface area contributed by atoms with E-state index < -0.39 is 0 Å². The van der Waals surface area contributed by atoms with Gasteiger partial charge in [0.15, 0.2) is 0 Å². The maximum atomic E-state index is 2.45. The Bertz CT molecular complexity index is 669. The first-order chi connectivity index (χ1) is 10.2. The molecule has 0 nitrogen and oxygen atoms in total. The van der Waals surface area contributed by atoms with E-state index in [0.29, 0.717) is 0 Å². The second kappa shape index (κ2) is 20.3. The third-order valence-electron chi connectivity index (χ3n) is 4.26. The van der Waals surface area contributed by atoms with Gasteiger partial charge in [0.2, 0.25) is 0 Å². The Morgan fingerprint density at radius 2 is 1.38 bits per heavy atom. The van der Waals surface area contributed by atoms with E-state index in [0.717, 1.165) is 5.92 Å². The van der Waals surface area contributed by atoms with E-state index in [4.69, 9.17) is 0 Å². The molecule has 0 atom stereocenters. The van der Waals surface area contributed by atoms with Crippen molar-refractivity contribution in [3.05, 3.63) is 123 Å². The molecule has 170 valence electrons. The van der Waals surface area contributed by atoms with Crippen LogP contribution in [-0.4, -0.2) is 0 Å². The minimum Gasteiger partial charge on any atom is -0.358 e. The zero-order chi connectivity index (χ0) is 14.7. The molecule has 3 aromatic carbocycles. The Labute approximate surface area is 204 Å². The second-order valence-corrected chi connectivity index (χ2v) is 6.48. The first-order valence-corrected chi connectivity index (χ1v) is 8.11.